The maximum Gasteiger partial charge on any atom is 0.0856 e. The van der Waals surface area contributed by atoms with E-state index in [9.17, 15) is 5.11 Å². The zero-order chi connectivity index (χ0) is 14.7. The van der Waals surface area contributed by atoms with Gasteiger partial charge in [0.25, 0.3) is 0 Å². The van der Waals surface area contributed by atoms with Crippen molar-refractivity contribution in [3.05, 3.63) is 50.7 Å². The second kappa shape index (κ2) is 6.74. The van der Waals surface area contributed by atoms with E-state index in [-0.39, 0.29) is 0 Å². The molecule has 0 fully saturated rings. The van der Waals surface area contributed by atoms with Gasteiger partial charge in [-0.2, -0.15) is 5.10 Å². The lowest BCUT2D eigenvalue weighted by atomic mass is 10.0. The summed E-state index contributed by atoms with van der Waals surface area (Å²) in [5.74, 6) is 0. The molecule has 1 atom stereocenters. The molecule has 0 saturated heterocycles. The molecular formula is C15H18BrClN2O. The van der Waals surface area contributed by atoms with Crippen molar-refractivity contribution in [2.45, 2.75) is 39.3 Å². The van der Waals surface area contributed by atoms with Gasteiger partial charge in [0.15, 0.2) is 0 Å². The van der Waals surface area contributed by atoms with Crippen molar-refractivity contribution in [1.29, 1.82) is 0 Å². The first-order valence-electron chi connectivity index (χ1n) is 6.75. The van der Waals surface area contributed by atoms with Gasteiger partial charge < -0.3 is 5.11 Å². The molecule has 0 aliphatic rings. The van der Waals surface area contributed by atoms with Crippen LogP contribution < -0.4 is 0 Å². The van der Waals surface area contributed by atoms with Crippen LogP contribution in [0.25, 0.3) is 0 Å². The van der Waals surface area contributed by atoms with Crippen molar-refractivity contribution in [2.75, 3.05) is 0 Å². The van der Waals surface area contributed by atoms with E-state index in [0.717, 1.165) is 34.4 Å². The molecule has 0 saturated carbocycles. The quantitative estimate of drug-likeness (QED) is 0.872. The van der Waals surface area contributed by atoms with Gasteiger partial charge in [-0.1, -0.05) is 52.7 Å². The highest BCUT2D eigenvalue weighted by Gasteiger charge is 2.19. The molecule has 20 heavy (non-hydrogen) atoms. The second-order valence-electron chi connectivity index (χ2n) is 4.62. The lowest BCUT2D eigenvalue weighted by molar-refractivity contribution is 0.174. The Morgan fingerprint density at radius 2 is 2.05 bits per heavy atom. The Kier molecular flexibility index (Phi) is 5.24. The van der Waals surface area contributed by atoms with Crippen LogP contribution in [0.5, 0.6) is 0 Å². The van der Waals surface area contributed by atoms with Crippen LogP contribution in [-0.4, -0.2) is 14.9 Å². The minimum atomic E-state index is -0.602. The monoisotopic (exact) mass is 356 g/mol. The maximum atomic E-state index is 10.5. The average molecular weight is 358 g/mol. The largest absolute Gasteiger partial charge is 0.388 e. The van der Waals surface area contributed by atoms with Gasteiger partial charge in [0, 0.05) is 17.4 Å². The fourth-order valence-electron chi connectivity index (χ4n) is 2.25. The summed E-state index contributed by atoms with van der Waals surface area (Å²) >= 11 is 9.84. The number of rotatable bonds is 5. The number of hydrogen-bond donors (Lipinski definition) is 1. The molecular weight excluding hydrogens is 340 g/mol. The van der Waals surface area contributed by atoms with Crippen LogP contribution in [0.2, 0.25) is 5.02 Å². The number of aromatic nitrogens is 2. The van der Waals surface area contributed by atoms with Gasteiger partial charge in [0.2, 0.25) is 0 Å². The van der Waals surface area contributed by atoms with Crippen LogP contribution in [0, 0.1) is 0 Å². The molecule has 0 aliphatic carbocycles. The van der Waals surface area contributed by atoms with Gasteiger partial charge in [-0.15, -0.1) is 0 Å². The molecule has 1 unspecified atom stereocenters. The first kappa shape index (κ1) is 15.5. The normalized spacial score (nSPS) is 12.7. The van der Waals surface area contributed by atoms with E-state index in [1.54, 1.807) is 0 Å². The predicted molar refractivity (Wildman–Crippen MR) is 85.1 cm³/mol. The van der Waals surface area contributed by atoms with Crippen LogP contribution in [-0.2, 0) is 19.4 Å². The molecule has 3 nitrogen and oxygen atoms in total. The summed E-state index contributed by atoms with van der Waals surface area (Å²) in [7, 11) is 0. The molecule has 108 valence electrons. The summed E-state index contributed by atoms with van der Waals surface area (Å²) < 4.78 is 2.78. The van der Waals surface area contributed by atoms with Crippen molar-refractivity contribution >= 4 is 27.5 Å². The van der Waals surface area contributed by atoms with E-state index < -0.39 is 6.10 Å². The zero-order valence-electron chi connectivity index (χ0n) is 11.6. The Morgan fingerprint density at radius 3 is 2.65 bits per heavy atom. The number of benzene rings is 1. The number of nitrogens with zero attached hydrogens (tertiary/aromatic N) is 2. The number of aliphatic hydroxyl groups is 1. The maximum absolute atomic E-state index is 10.5. The molecule has 0 spiro atoms. The fourth-order valence-corrected chi connectivity index (χ4v) is 3.15. The van der Waals surface area contributed by atoms with Crippen LogP contribution in [0.1, 0.15) is 36.9 Å². The van der Waals surface area contributed by atoms with Gasteiger partial charge in [0.05, 0.1) is 22.5 Å². The fraction of sp³-hybridized carbons (Fsp3) is 0.400. The van der Waals surface area contributed by atoms with Crippen LogP contribution in [0.3, 0.4) is 0 Å². The SMILES string of the molecule is CCc1nn(CC)c(CC(O)c2ccccc2Br)c1Cl. The molecule has 0 radical (unpaired) electrons. The van der Waals surface area contributed by atoms with Crippen LogP contribution in [0.4, 0.5) is 0 Å². The highest BCUT2D eigenvalue weighted by Crippen LogP contribution is 2.29. The molecule has 1 heterocycles. The molecule has 1 aromatic heterocycles. The number of aryl methyl sites for hydroxylation is 2. The van der Waals surface area contributed by atoms with Crippen LogP contribution >= 0.6 is 27.5 Å². The number of hydrogen-bond acceptors (Lipinski definition) is 2. The Bertz CT molecular complexity index is 598. The summed E-state index contributed by atoms with van der Waals surface area (Å²) in [6.07, 6.45) is 0.654. The second-order valence-corrected chi connectivity index (χ2v) is 5.85. The third-order valence-corrected chi connectivity index (χ3v) is 4.50. The van der Waals surface area contributed by atoms with E-state index in [4.69, 9.17) is 11.6 Å². The average Bonchev–Trinajstić information content (AvgIpc) is 2.75. The summed E-state index contributed by atoms with van der Waals surface area (Å²) in [6, 6.07) is 7.68. The smallest absolute Gasteiger partial charge is 0.0856 e. The Balaban J connectivity index is 2.30. The Morgan fingerprint density at radius 1 is 1.35 bits per heavy atom. The van der Waals surface area contributed by atoms with Crippen LogP contribution in [0.15, 0.2) is 28.7 Å². The Labute approximate surface area is 132 Å². The summed E-state index contributed by atoms with van der Waals surface area (Å²) in [4.78, 5) is 0. The van der Waals surface area contributed by atoms with Gasteiger partial charge in [-0.25, -0.2) is 0 Å². The topological polar surface area (TPSA) is 38.0 Å². The number of halogens is 2. The van der Waals surface area contributed by atoms with Gasteiger partial charge >= 0.3 is 0 Å². The van der Waals surface area contributed by atoms with Gasteiger partial charge in [-0.3, -0.25) is 4.68 Å². The van der Waals surface area contributed by atoms with E-state index in [2.05, 4.69) is 21.0 Å². The molecule has 2 aromatic rings. The van der Waals surface area contributed by atoms with Gasteiger partial charge in [-0.05, 0) is 25.0 Å². The lowest BCUT2D eigenvalue weighted by Gasteiger charge is -2.14. The highest BCUT2D eigenvalue weighted by molar-refractivity contribution is 9.10. The molecule has 0 aliphatic heterocycles. The van der Waals surface area contributed by atoms with Crippen molar-refractivity contribution in [1.82, 2.24) is 9.78 Å². The first-order valence-corrected chi connectivity index (χ1v) is 7.92. The lowest BCUT2D eigenvalue weighted by Crippen LogP contribution is -2.09. The van der Waals surface area contributed by atoms with Crippen molar-refractivity contribution in [3.8, 4) is 0 Å². The molecule has 5 heteroatoms. The minimum Gasteiger partial charge on any atom is -0.388 e. The standard InChI is InChI=1S/C15H18BrClN2O/c1-3-12-15(17)13(19(4-2)18-12)9-14(20)10-7-5-6-8-11(10)16/h5-8,14,20H,3-4,9H2,1-2H3. The zero-order valence-corrected chi connectivity index (χ0v) is 13.9. The highest BCUT2D eigenvalue weighted by atomic mass is 79.9. The summed E-state index contributed by atoms with van der Waals surface area (Å²) in [5.41, 5.74) is 2.66. The predicted octanol–water partition coefficient (Wildman–Crippen LogP) is 4.16. The third-order valence-electron chi connectivity index (χ3n) is 3.35. The van der Waals surface area contributed by atoms with Gasteiger partial charge in [0.1, 0.15) is 0 Å². The number of aliphatic hydroxyl groups excluding tert-OH is 1. The third kappa shape index (κ3) is 3.08. The molecule has 2 rings (SSSR count). The summed E-state index contributed by atoms with van der Waals surface area (Å²) in [5, 5.41) is 15.6. The van der Waals surface area contributed by atoms with Crippen molar-refractivity contribution in [2.24, 2.45) is 0 Å². The van der Waals surface area contributed by atoms with E-state index >= 15 is 0 Å². The van der Waals surface area contributed by atoms with E-state index in [0.29, 0.717) is 11.4 Å². The molecule has 0 amide bonds. The Hall–Kier alpha value is -0.840. The molecule has 1 N–H and O–H groups in total. The first-order chi connectivity index (χ1) is 9.58. The van der Waals surface area contributed by atoms with Crippen molar-refractivity contribution in [3.63, 3.8) is 0 Å². The summed E-state index contributed by atoms with van der Waals surface area (Å²) in [6.45, 7) is 4.80. The van der Waals surface area contributed by atoms with Crippen molar-refractivity contribution < 1.29 is 5.11 Å². The minimum absolute atomic E-state index is 0.461. The van der Waals surface area contributed by atoms with E-state index in [1.807, 2.05) is 42.8 Å². The van der Waals surface area contributed by atoms with E-state index in [1.165, 1.54) is 0 Å². The molecule has 1 aromatic carbocycles. The molecule has 0 bridgehead atoms.